The summed E-state index contributed by atoms with van der Waals surface area (Å²) in [6.45, 7) is 6.54. The molecule has 0 radical (unpaired) electrons. The van der Waals surface area contributed by atoms with Crippen LogP contribution in [0.4, 0.5) is 0 Å². The zero-order valence-electron chi connectivity index (χ0n) is 15.0. The van der Waals surface area contributed by atoms with Gasteiger partial charge in [0.2, 0.25) is 5.75 Å². The topological polar surface area (TPSA) is 13.1 Å². The summed E-state index contributed by atoms with van der Waals surface area (Å²) in [6.07, 6.45) is 2.21. The predicted molar refractivity (Wildman–Crippen MR) is 102 cm³/mol. The van der Waals surface area contributed by atoms with Gasteiger partial charge >= 0.3 is 0 Å². The van der Waals surface area contributed by atoms with Crippen molar-refractivity contribution in [1.29, 1.82) is 0 Å². The van der Waals surface area contributed by atoms with Gasteiger partial charge in [-0.25, -0.2) is 0 Å². The largest absolute Gasteiger partial charge is 0.449 e. The highest BCUT2D eigenvalue weighted by Crippen LogP contribution is 2.49. The molecule has 1 aliphatic heterocycles. The number of aryl methyl sites for hydroxylation is 3. The Kier molecular flexibility index (Phi) is 2.79. The van der Waals surface area contributed by atoms with Gasteiger partial charge in [-0.3, -0.25) is 0 Å². The van der Waals surface area contributed by atoms with Crippen LogP contribution in [-0.2, 0) is 7.05 Å². The molecule has 0 aliphatic carbocycles. The van der Waals surface area contributed by atoms with Gasteiger partial charge < -0.3 is 4.74 Å². The van der Waals surface area contributed by atoms with E-state index in [0.29, 0.717) is 0 Å². The Hall–Kier alpha value is -2.87. The summed E-state index contributed by atoms with van der Waals surface area (Å²) in [5, 5.41) is 4.84. The Balaban J connectivity index is 2.04. The molecule has 2 nitrogen and oxygen atoms in total. The van der Waals surface area contributed by atoms with Gasteiger partial charge in [-0.2, -0.15) is 4.57 Å². The van der Waals surface area contributed by atoms with E-state index >= 15 is 0 Å². The lowest BCUT2D eigenvalue weighted by Gasteiger charge is -2.22. The maximum atomic E-state index is 6.47. The maximum absolute atomic E-state index is 6.47. The fourth-order valence-corrected chi connectivity index (χ4v) is 4.09. The van der Waals surface area contributed by atoms with Crippen LogP contribution < -0.4 is 9.30 Å². The smallest absolute Gasteiger partial charge is 0.257 e. The molecule has 3 aromatic carbocycles. The first-order valence-electron chi connectivity index (χ1n) is 8.69. The van der Waals surface area contributed by atoms with Crippen molar-refractivity contribution in [2.75, 3.05) is 0 Å². The minimum absolute atomic E-state index is 0.956. The Bertz CT molecular complexity index is 1200. The minimum atomic E-state index is 0.956. The molecule has 0 N–H and O–H groups in total. The molecule has 0 saturated carbocycles. The Morgan fingerprint density at radius 3 is 2.60 bits per heavy atom. The highest BCUT2D eigenvalue weighted by atomic mass is 16.5. The van der Waals surface area contributed by atoms with Crippen LogP contribution in [0.3, 0.4) is 0 Å². The lowest BCUT2D eigenvalue weighted by molar-refractivity contribution is -0.659. The number of rotatable bonds is 0. The molecule has 4 aromatic rings. The molecule has 1 aromatic heterocycles. The Morgan fingerprint density at radius 2 is 1.76 bits per heavy atom. The number of hydrogen-bond acceptors (Lipinski definition) is 1. The van der Waals surface area contributed by atoms with Crippen molar-refractivity contribution >= 4 is 21.5 Å². The molecule has 0 unspecified atom stereocenters. The molecule has 122 valence electrons. The third-order valence-electron chi connectivity index (χ3n) is 5.45. The molecule has 0 saturated heterocycles. The first kappa shape index (κ1) is 14.5. The van der Waals surface area contributed by atoms with Crippen molar-refractivity contribution in [3.05, 3.63) is 65.4 Å². The molecule has 2 heteroatoms. The molecule has 0 bridgehead atoms. The number of pyridine rings is 1. The highest BCUT2D eigenvalue weighted by Gasteiger charge is 2.31. The van der Waals surface area contributed by atoms with Gasteiger partial charge in [0.15, 0.2) is 6.20 Å². The minimum Gasteiger partial charge on any atom is -0.449 e. The van der Waals surface area contributed by atoms with Crippen molar-refractivity contribution in [1.82, 2.24) is 0 Å². The monoisotopic (exact) mass is 326 g/mol. The zero-order valence-corrected chi connectivity index (χ0v) is 15.0. The van der Waals surface area contributed by atoms with Crippen LogP contribution in [0.1, 0.15) is 16.7 Å². The van der Waals surface area contributed by atoms with Crippen LogP contribution in [-0.4, -0.2) is 0 Å². The first-order valence-corrected chi connectivity index (χ1v) is 8.69. The second-order valence-corrected chi connectivity index (χ2v) is 7.16. The summed E-state index contributed by atoms with van der Waals surface area (Å²) in [5.74, 6) is 1.93. The number of hydrogen-bond donors (Lipinski definition) is 0. The van der Waals surface area contributed by atoms with E-state index in [9.17, 15) is 0 Å². The van der Waals surface area contributed by atoms with Crippen molar-refractivity contribution in [3.8, 4) is 22.8 Å². The maximum Gasteiger partial charge on any atom is 0.257 e. The predicted octanol–water partition coefficient (Wildman–Crippen LogP) is 5.52. The molecule has 2 heterocycles. The molecule has 5 rings (SSSR count). The van der Waals surface area contributed by atoms with Crippen LogP contribution >= 0.6 is 0 Å². The standard InChI is InChI=1S/C23H20NO/c1-13-8-9-17-12-24(4)22-20-15(3)14(2)11-16-6-5-7-19(21(16)20)25-23(22)18(17)10-13/h5-12H,1-4H3/q+1. The van der Waals surface area contributed by atoms with E-state index in [1.165, 1.54) is 49.5 Å². The molecule has 0 spiro atoms. The molecular formula is C23H20NO+. The second-order valence-electron chi connectivity index (χ2n) is 7.16. The van der Waals surface area contributed by atoms with Crippen LogP contribution in [0.15, 0.2) is 48.7 Å². The summed E-state index contributed by atoms with van der Waals surface area (Å²) < 4.78 is 8.69. The number of benzene rings is 3. The average Bonchev–Trinajstić information content (AvgIpc) is 2.59. The van der Waals surface area contributed by atoms with Gasteiger partial charge in [-0.05, 0) is 55.5 Å². The van der Waals surface area contributed by atoms with Gasteiger partial charge in [0.25, 0.3) is 5.69 Å². The van der Waals surface area contributed by atoms with E-state index in [1.807, 2.05) is 0 Å². The number of fused-ring (bicyclic) bond motifs is 4. The SMILES string of the molecule is Cc1ccc2c[n+](C)c3c(c2c1)Oc1cccc2cc(C)c(C)c-3c12. The van der Waals surface area contributed by atoms with Crippen LogP contribution in [0.2, 0.25) is 0 Å². The van der Waals surface area contributed by atoms with Crippen molar-refractivity contribution in [3.63, 3.8) is 0 Å². The fraction of sp³-hybridized carbons (Fsp3) is 0.174. The third-order valence-corrected chi connectivity index (χ3v) is 5.45. The number of ether oxygens (including phenoxy) is 1. The van der Waals surface area contributed by atoms with E-state index < -0.39 is 0 Å². The van der Waals surface area contributed by atoms with Gasteiger partial charge in [-0.1, -0.05) is 29.8 Å². The van der Waals surface area contributed by atoms with Crippen molar-refractivity contribution in [2.24, 2.45) is 7.05 Å². The Labute approximate surface area is 147 Å². The van der Waals surface area contributed by atoms with Gasteiger partial charge in [0.05, 0.1) is 5.56 Å². The molecule has 1 aliphatic rings. The summed E-state index contributed by atoms with van der Waals surface area (Å²) in [6, 6.07) is 15.2. The zero-order chi connectivity index (χ0) is 17.3. The molecule has 0 fully saturated rings. The van der Waals surface area contributed by atoms with Gasteiger partial charge in [0, 0.05) is 16.2 Å². The quantitative estimate of drug-likeness (QED) is 0.342. The van der Waals surface area contributed by atoms with Crippen LogP contribution in [0, 0.1) is 20.8 Å². The third kappa shape index (κ3) is 1.88. The van der Waals surface area contributed by atoms with Crippen LogP contribution in [0.5, 0.6) is 11.5 Å². The summed E-state index contributed by atoms with van der Waals surface area (Å²) >= 11 is 0. The highest BCUT2D eigenvalue weighted by molar-refractivity contribution is 6.07. The average molecular weight is 326 g/mol. The summed E-state index contributed by atoms with van der Waals surface area (Å²) in [7, 11) is 2.11. The van der Waals surface area contributed by atoms with E-state index in [1.54, 1.807) is 0 Å². The van der Waals surface area contributed by atoms with Gasteiger partial charge in [-0.15, -0.1) is 0 Å². The van der Waals surface area contributed by atoms with Gasteiger partial charge in [0.1, 0.15) is 12.8 Å². The Morgan fingerprint density at radius 1 is 0.920 bits per heavy atom. The van der Waals surface area contributed by atoms with E-state index in [2.05, 4.69) is 81.0 Å². The molecular weight excluding hydrogens is 306 g/mol. The molecule has 0 amide bonds. The lowest BCUT2D eigenvalue weighted by Crippen LogP contribution is -2.32. The number of aromatic nitrogens is 1. The van der Waals surface area contributed by atoms with E-state index in [4.69, 9.17) is 4.74 Å². The van der Waals surface area contributed by atoms with Crippen molar-refractivity contribution in [2.45, 2.75) is 20.8 Å². The molecule has 0 atom stereocenters. The normalized spacial score (nSPS) is 12.3. The number of nitrogens with zero attached hydrogens (tertiary/aromatic N) is 1. The van der Waals surface area contributed by atoms with Crippen molar-refractivity contribution < 1.29 is 9.30 Å². The van der Waals surface area contributed by atoms with E-state index in [-0.39, 0.29) is 0 Å². The fourth-order valence-electron chi connectivity index (χ4n) is 4.09. The summed E-state index contributed by atoms with van der Waals surface area (Å²) in [5.41, 5.74) is 6.36. The van der Waals surface area contributed by atoms with Crippen LogP contribution in [0.25, 0.3) is 32.8 Å². The second kappa shape index (κ2) is 4.82. The molecule has 25 heavy (non-hydrogen) atoms. The van der Waals surface area contributed by atoms with E-state index in [0.717, 1.165) is 11.5 Å². The lowest BCUT2D eigenvalue weighted by atomic mass is 9.90. The first-order chi connectivity index (χ1) is 12.0. The summed E-state index contributed by atoms with van der Waals surface area (Å²) in [4.78, 5) is 0.